The second-order valence-corrected chi connectivity index (χ2v) is 9.04. The van der Waals surface area contributed by atoms with Crippen LogP contribution in [0.25, 0.3) is 21.3 Å². The highest BCUT2D eigenvalue weighted by Crippen LogP contribution is 2.35. The summed E-state index contributed by atoms with van der Waals surface area (Å²) < 4.78 is 0. The van der Waals surface area contributed by atoms with Crippen LogP contribution >= 0.6 is 23.1 Å². The molecule has 0 saturated carbocycles. The van der Waals surface area contributed by atoms with E-state index >= 15 is 0 Å². The third-order valence-electron chi connectivity index (χ3n) is 4.76. The Balaban J connectivity index is 1.61. The van der Waals surface area contributed by atoms with Gasteiger partial charge in [0.15, 0.2) is 0 Å². The van der Waals surface area contributed by atoms with Crippen LogP contribution in [0.15, 0.2) is 53.3 Å². The summed E-state index contributed by atoms with van der Waals surface area (Å²) in [7, 11) is 0. The van der Waals surface area contributed by atoms with Gasteiger partial charge in [-0.05, 0) is 31.0 Å². The van der Waals surface area contributed by atoms with Crippen LogP contribution in [0.2, 0.25) is 0 Å². The third-order valence-corrected chi connectivity index (χ3v) is 6.75. The molecular weight excluding hydrogens is 398 g/mol. The van der Waals surface area contributed by atoms with E-state index in [-0.39, 0.29) is 5.56 Å². The average Bonchev–Trinajstić information content (AvgIpc) is 3.05. The maximum absolute atomic E-state index is 12.9. The van der Waals surface area contributed by atoms with Gasteiger partial charge in [0.2, 0.25) is 0 Å². The highest BCUT2D eigenvalue weighted by atomic mass is 32.2. The van der Waals surface area contributed by atoms with Crippen molar-refractivity contribution in [2.75, 3.05) is 0 Å². The van der Waals surface area contributed by atoms with Crippen molar-refractivity contribution in [2.24, 2.45) is 0 Å². The molecule has 0 atom stereocenters. The van der Waals surface area contributed by atoms with Gasteiger partial charge in [0.1, 0.15) is 10.7 Å². The SMILES string of the molecule is Cc1ccc(-c2c(C)sc3nc(CSCc4ccccc4C#N)[nH]c(=O)c23)cc1. The minimum Gasteiger partial charge on any atom is -0.309 e. The Kier molecular flexibility index (Phi) is 5.52. The van der Waals surface area contributed by atoms with E-state index in [1.165, 1.54) is 5.56 Å². The predicted molar refractivity (Wildman–Crippen MR) is 121 cm³/mol. The van der Waals surface area contributed by atoms with Gasteiger partial charge in [0, 0.05) is 16.2 Å². The number of aromatic amines is 1. The fourth-order valence-electron chi connectivity index (χ4n) is 3.31. The average molecular weight is 418 g/mol. The van der Waals surface area contributed by atoms with Crippen molar-refractivity contribution in [3.8, 4) is 17.2 Å². The Hall–Kier alpha value is -2.88. The summed E-state index contributed by atoms with van der Waals surface area (Å²) in [6.07, 6.45) is 0. The standard InChI is InChI=1S/C23H19N3OS2/c1-14-7-9-16(10-8-14)20-15(2)29-23-21(20)22(27)25-19(26-23)13-28-12-18-6-4-3-5-17(18)11-24/h3-10H,12-13H2,1-2H3,(H,25,26,27). The predicted octanol–water partition coefficient (Wildman–Crippen LogP) is 5.57. The van der Waals surface area contributed by atoms with Crippen molar-refractivity contribution in [2.45, 2.75) is 25.4 Å². The molecule has 0 aliphatic rings. The van der Waals surface area contributed by atoms with Gasteiger partial charge in [-0.1, -0.05) is 48.0 Å². The van der Waals surface area contributed by atoms with E-state index in [4.69, 9.17) is 4.98 Å². The molecule has 0 unspecified atom stereocenters. The maximum Gasteiger partial charge on any atom is 0.260 e. The molecule has 0 aliphatic carbocycles. The fraction of sp³-hybridized carbons (Fsp3) is 0.174. The Morgan fingerprint density at radius 3 is 2.62 bits per heavy atom. The maximum atomic E-state index is 12.9. The highest BCUT2D eigenvalue weighted by Gasteiger charge is 2.16. The van der Waals surface area contributed by atoms with Gasteiger partial charge in [-0.3, -0.25) is 4.79 Å². The largest absolute Gasteiger partial charge is 0.309 e. The van der Waals surface area contributed by atoms with E-state index in [1.54, 1.807) is 23.1 Å². The number of nitrogens with zero attached hydrogens (tertiary/aromatic N) is 2. The monoisotopic (exact) mass is 417 g/mol. The quantitative estimate of drug-likeness (QED) is 0.461. The van der Waals surface area contributed by atoms with Crippen LogP contribution in [0, 0.1) is 25.2 Å². The Morgan fingerprint density at radius 1 is 1.10 bits per heavy atom. The summed E-state index contributed by atoms with van der Waals surface area (Å²) >= 11 is 3.19. The summed E-state index contributed by atoms with van der Waals surface area (Å²) in [5.41, 5.74) is 4.80. The topological polar surface area (TPSA) is 69.5 Å². The van der Waals surface area contributed by atoms with E-state index in [9.17, 15) is 10.1 Å². The zero-order valence-corrected chi connectivity index (χ0v) is 17.8. The molecule has 0 spiro atoms. The van der Waals surface area contributed by atoms with Gasteiger partial charge in [-0.25, -0.2) is 4.98 Å². The minimum absolute atomic E-state index is 0.0945. The minimum atomic E-state index is -0.0945. The van der Waals surface area contributed by atoms with E-state index < -0.39 is 0 Å². The molecule has 2 aromatic carbocycles. The Bertz CT molecular complexity index is 1280. The molecule has 0 bridgehead atoms. The summed E-state index contributed by atoms with van der Waals surface area (Å²) in [4.78, 5) is 22.4. The van der Waals surface area contributed by atoms with Crippen molar-refractivity contribution in [1.82, 2.24) is 9.97 Å². The Labute approximate surface area is 177 Å². The molecule has 2 heterocycles. The Morgan fingerprint density at radius 2 is 1.86 bits per heavy atom. The van der Waals surface area contributed by atoms with Crippen molar-refractivity contribution in [3.05, 3.63) is 86.3 Å². The summed E-state index contributed by atoms with van der Waals surface area (Å²) in [6.45, 7) is 4.09. The molecule has 1 N–H and O–H groups in total. The lowest BCUT2D eigenvalue weighted by Gasteiger charge is -2.05. The number of nitrogens with one attached hydrogen (secondary N) is 1. The number of benzene rings is 2. The zero-order chi connectivity index (χ0) is 20.4. The second kappa shape index (κ2) is 8.24. The van der Waals surface area contributed by atoms with Crippen LogP contribution in [-0.4, -0.2) is 9.97 Å². The summed E-state index contributed by atoms with van der Waals surface area (Å²) in [5, 5.41) is 9.88. The fourth-order valence-corrected chi connectivity index (χ4v) is 5.28. The van der Waals surface area contributed by atoms with E-state index in [1.807, 2.05) is 31.2 Å². The van der Waals surface area contributed by atoms with Gasteiger partial charge < -0.3 is 4.98 Å². The lowest BCUT2D eigenvalue weighted by atomic mass is 10.0. The van der Waals surface area contributed by atoms with Crippen LogP contribution < -0.4 is 5.56 Å². The number of thioether (sulfide) groups is 1. The molecule has 4 aromatic rings. The number of H-pyrrole nitrogens is 1. The third kappa shape index (κ3) is 3.98. The number of aryl methyl sites for hydroxylation is 2. The van der Waals surface area contributed by atoms with Gasteiger partial charge >= 0.3 is 0 Å². The molecule has 29 heavy (non-hydrogen) atoms. The first-order valence-corrected chi connectivity index (χ1v) is 11.2. The molecule has 144 valence electrons. The van der Waals surface area contributed by atoms with Gasteiger partial charge in [0.25, 0.3) is 5.56 Å². The van der Waals surface area contributed by atoms with Gasteiger partial charge in [-0.15, -0.1) is 23.1 Å². The first kappa shape index (κ1) is 19.4. The van der Waals surface area contributed by atoms with Crippen LogP contribution in [0.5, 0.6) is 0 Å². The molecule has 0 saturated heterocycles. The molecule has 2 aromatic heterocycles. The molecule has 0 amide bonds. The zero-order valence-electron chi connectivity index (χ0n) is 16.2. The van der Waals surface area contributed by atoms with Crippen LogP contribution in [-0.2, 0) is 11.5 Å². The first-order valence-electron chi connectivity index (χ1n) is 9.22. The summed E-state index contributed by atoms with van der Waals surface area (Å²) in [6, 6.07) is 18.0. The molecule has 6 heteroatoms. The number of hydrogen-bond acceptors (Lipinski definition) is 5. The molecule has 0 aliphatic heterocycles. The normalized spacial score (nSPS) is 10.9. The van der Waals surface area contributed by atoms with E-state index in [0.717, 1.165) is 26.4 Å². The van der Waals surface area contributed by atoms with Gasteiger partial charge in [0.05, 0.1) is 22.8 Å². The van der Waals surface area contributed by atoms with E-state index in [2.05, 4.69) is 42.2 Å². The van der Waals surface area contributed by atoms with Crippen molar-refractivity contribution in [1.29, 1.82) is 5.26 Å². The molecular formula is C23H19N3OS2. The smallest absolute Gasteiger partial charge is 0.260 e. The van der Waals surface area contributed by atoms with Crippen molar-refractivity contribution < 1.29 is 0 Å². The number of fused-ring (bicyclic) bond motifs is 1. The highest BCUT2D eigenvalue weighted by molar-refractivity contribution is 7.97. The lowest BCUT2D eigenvalue weighted by Crippen LogP contribution is -2.10. The number of thiophene rings is 1. The van der Waals surface area contributed by atoms with E-state index in [0.29, 0.717) is 28.3 Å². The molecule has 4 nitrogen and oxygen atoms in total. The second-order valence-electron chi connectivity index (χ2n) is 6.85. The van der Waals surface area contributed by atoms with Crippen LogP contribution in [0.4, 0.5) is 0 Å². The molecule has 0 fully saturated rings. The summed E-state index contributed by atoms with van der Waals surface area (Å²) in [5.74, 6) is 1.95. The van der Waals surface area contributed by atoms with Crippen molar-refractivity contribution in [3.63, 3.8) is 0 Å². The number of hydrogen-bond donors (Lipinski definition) is 1. The lowest BCUT2D eigenvalue weighted by molar-refractivity contribution is 1.04. The molecule has 0 radical (unpaired) electrons. The van der Waals surface area contributed by atoms with Crippen molar-refractivity contribution >= 4 is 33.3 Å². The van der Waals surface area contributed by atoms with Crippen LogP contribution in [0.3, 0.4) is 0 Å². The number of nitriles is 1. The van der Waals surface area contributed by atoms with Gasteiger partial charge in [-0.2, -0.15) is 5.26 Å². The number of aromatic nitrogens is 2. The molecule has 4 rings (SSSR count). The van der Waals surface area contributed by atoms with Crippen LogP contribution in [0.1, 0.15) is 27.4 Å². The first-order chi connectivity index (χ1) is 14.1. The number of rotatable bonds is 5.